The molecule has 0 bridgehead atoms. The van der Waals surface area contributed by atoms with Gasteiger partial charge in [0.1, 0.15) is 0 Å². The summed E-state index contributed by atoms with van der Waals surface area (Å²) in [5, 5.41) is 11.6. The average Bonchev–Trinajstić information content (AvgIpc) is 3.12. The average molecular weight is 270 g/mol. The molecule has 0 radical (unpaired) electrons. The van der Waals surface area contributed by atoms with Gasteiger partial charge in [-0.2, -0.15) is 5.10 Å². The van der Waals surface area contributed by atoms with Crippen molar-refractivity contribution in [1.82, 2.24) is 20.4 Å². The van der Waals surface area contributed by atoms with Crippen LogP contribution in [-0.4, -0.2) is 46.7 Å². The van der Waals surface area contributed by atoms with Crippen LogP contribution >= 0.6 is 0 Å². The first-order valence-electron chi connectivity index (χ1n) is 7.29. The van der Waals surface area contributed by atoms with Crippen molar-refractivity contribution in [3.63, 3.8) is 0 Å². The summed E-state index contributed by atoms with van der Waals surface area (Å²) in [6, 6.07) is 8.41. The monoisotopic (exact) mass is 270 g/mol. The second-order valence-electron chi connectivity index (χ2n) is 5.77. The zero-order chi connectivity index (χ0) is 13.5. The predicted molar refractivity (Wildman–Crippen MR) is 76.5 cm³/mol. The number of amides is 1. The van der Waals surface area contributed by atoms with Gasteiger partial charge >= 0.3 is 0 Å². The van der Waals surface area contributed by atoms with Crippen molar-refractivity contribution in [2.45, 2.75) is 18.9 Å². The molecule has 5 nitrogen and oxygen atoms in total. The van der Waals surface area contributed by atoms with Crippen molar-refractivity contribution in [3.8, 4) is 0 Å². The van der Waals surface area contributed by atoms with Crippen LogP contribution in [0.2, 0.25) is 0 Å². The van der Waals surface area contributed by atoms with E-state index in [2.05, 4.69) is 15.5 Å². The van der Waals surface area contributed by atoms with Crippen LogP contribution in [0.1, 0.15) is 23.3 Å². The summed E-state index contributed by atoms with van der Waals surface area (Å²) >= 11 is 0. The maximum Gasteiger partial charge on any atom is 0.275 e. The molecule has 0 spiro atoms. The molecule has 4 rings (SSSR count). The molecule has 0 aliphatic carbocycles. The molecule has 104 valence electrons. The molecular weight excluding hydrogens is 252 g/mol. The first-order valence-corrected chi connectivity index (χ1v) is 7.29. The van der Waals surface area contributed by atoms with Crippen LogP contribution in [0.4, 0.5) is 0 Å². The van der Waals surface area contributed by atoms with Gasteiger partial charge in [0, 0.05) is 24.5 Å². The van der Waals surface area contributed by atoms with Gasteiger partial charge in [-0.3, -0.25) is 9.89 Å². The Balaban J connectivity index is 1.61. The van der Waals surface area contributed by atoms with Crippen LogP contribution in [0.5, 0.6) is 0 Å². The molecule has 2 atom stereocenters. The lowest BCUT2D eigenvalue weighted by Gasteiger charge is -2.34. The van der Waals surface area contributed by atoms with E-state index in [1.54, 1.807) is 0 Å². The fourth-order valence-electron chi connectivity index (χ4n) is 3.51. The number of H-pyrrole nitrogens is 1. The molecule has 5 heteroatoms. The van der Waals surface area contributed by atoms with Crippen molar-refractivity contribution in [2.75, 3.05) is 19.6 Å². The van der Waals surface area contributed by atoms with Gasteiger partial charge in [-0.25, -0.2) is 0 Å². The Morgan fingerprint density at radius 3 is 3.15 bits per heavy atom. The first-order chi connectivity index (χ1) is 9.83. The molecule has 3 heterocycles. The number of benzene rings is 1. The van der Waals surface area contributed by atoms with Gasteiger partial charge in [-0.15, -0.1) is 0 Å². The molecule has 2 saturated heterocycles. The number of nitrogens with zero attached hydrogens (tertiary/aromatic N) is 2. The van der Waals surface area contributed by atoms with Crippen LogP contribution < -0.4 is 5.32 Å². The molecule has 2 fully saturated rings. The molecule has 20 heavy (non-hydrogen) atoms. The number of hydrogen-bond donors (Lipinski definition) is 2. The number of nitrogens with one attached hydrogen (secondary N) is 2. The first kappa shape index (κ1) is 11.9. The molecule has 2 N–H and O–H groups in total. The molecular formula is C15H18N4O. The standard InChI is InChI=1S/C15H18N4O/c20-15(14-11-3-1-2-4-13(11)17-18-14)19-8-6-12-10(9-19)5-7-16-12/h1-4,10,12,16H,5-9H2,(H,17,18). The SMILES string of the molecule is O=C(c1n[nH]c2ccccc12)N1CCC2NCCC2C1. The molecule has 1 aromatic carbocycles. The highest BCUT2D eigenvalue weighted by Gasteiger charge is 2.35. The van der Waals surface area contributed by atoms with E-state index in [-0.39, 0.29) is 5.91 Å². The summed E-state index contributed by atoms with van der Waals surface area (Å²) in [6.45, 7) is 2.77. The maximum atomic E-state index is 12.7. The fraction of sp³-hybridized carbons (Fsp3) is 0.467. The normalized spacial score (nSPS) is 25.9. The molecule has 2 unspecified atom stereocenters. The second-order valence-corrected chi connectivity index (χ2v) is 5.77. The molecule has 1 amide bonds. The number of piperidine rings is 1. The van der Waals surface area contributed by atoms with Crippen LogP contribution in [-0.2, 0) is 0 Å². The van der Waals surface area contributed by atoms with Crippen molar-refractivity contribution < 1.29 is 4.79 Å². The number of para-hydroxylation sites is 1. The minimum atomic E-state index is 0.0628. The molecule has 0 saturated carbocycles. The Morgan fingerprint density at radius 1 is 1.30 bits per heavy atom. The lowest BCUT2D eigenvalue weighted by atomic mass is 9.93. The van der Waals surface area contributed by atoms with Crippen LogP contribution in [0, 0.1) is 5.92 Å². The highest BCUT2D eigenvalue weighted by Crippen LogP contribution is 2.26. The number of aromatic amines is 1. The quantitative estimate of drug-likeness (QED) is 0.823. The minimum absolute atomic E-state index is 0.0628. The topological polar surface area (TPSA) is 61.0 Å². The van der Waals surface area contributed by atoms with Crippen molar-refractivity contribution in [1.29, 1.82) is 0 Å². The van der Waals surface area contributed by atoms with Crippen molar-refractivity contribution in [2.24, 2.45) is 5.92 Å². The summed E-state index contributed by atoms with van der Waals surface area (Å²) in [5.41, 5.74) is 1.48. The number of likely N-dealkylation sites (tertiary alicyclic amines) is 1. The van der Waals surface area contributed by atoms with Crippen LogP contribution in [0.3, 0.4) is 0 Å². The van der Waals surface area contributed by atoms with Gasteiger partial charge in [-0.1, -0.05) is 18.2 Å². The molecule has 1 aromatic heterocycles. The predicted octanol–water partition coefficient (Wildman–Crippen LogP) is 1.39. The second kappa shape index (κ2) is 4.59. The zero-order valence-corrected chi connectivity index (χ0v) is 11.3. The Morgan fingerprint density at radius 2 is 2.20 bits per heavy atom. The number of carbonyl (C=O) groups is 1. The smallest absolute Gasteiger partial charge is 0.275 e. The van der Waals surface area contributed by atoms with Crippen LogP contribution in [0.15, 0.2) is 24.3 Å². The van der Waals surface area contributed by atoms with E-state index in [0.717, 1.165) is 37.0 Å². The van der Waals surface area contributed by atoms with Crippen LogP contribution in [0.25, 0.3) is 10.9 Å². The third-order valence-corrected chi connectivity index (χ3v) is 4.62. The number of carbonyl (C=O) groups excluding carboxylic acids is 1. The van der Waals surface area contributed by atoms with E-state index in [0.29, 0.717) is 17.7 Å². The summed E-state index contributed by atoms with van der Waals surface area (Å²) < 4.78 is 0. The maximum absolute atomic E-state index is 12.7. The summed E-state index contributed by atoms with van der Waals surface area (Å²) in [5.74, 6) is 0.672. The highest BCUT2D eigenvalue weighted by molar-refractivity contribution is 6.04. The molecule has 2 aromatic rings. The Labute approximate surface area is 117 Å². The fourth-order valence-corrected chi connectivity index (χ4v) is 3.51. The largest absolute Gasteiger partial charge is 0.337 e. The molecule has 2 aliphatic rings. The van der Waals surface area contributed by atoms with Gasteiger partial charge < -0.3 is 10.2 Å². The van der Waals surface area contributed by atoms with Crippen molar-refractivity contribution in [3.05, 3.63) is 30.0 Å². The van der Waals surface area contributed by atoms with Gasteiger partial charge in [0.25, 0.3) is 5.91 Å². The highest BCUT2D eigenvalue weighted by atomic mass is 16.2. The summed E-state index contributed by atoms with van der Waals surface area (Å²) in [4.78, 5) is 14.7. The van der Waals surface area contributed by atoms with E-state index >= 15 is 0 Å². The van der Waals surface area contributed by atoms with Gasteiger partial charge in [0.05, 0.1) is 5.52 Å². The number of aromatic nitrogens is 2. The third kappa shape index (κ3) is 1.81. The number of hydrogen-bond acceptors (Lipinski definition) is 3. The molecule has 2 aliphatic heterocycles. The summed E-state index contributed by atoms with van der Waals surface area (Å²) in [6.07, 6.45) is 2.23. The third-order valence-electron chi connectivity index (χ3n) is 4.62. The van der Waals surface area contributed by atoms with Gasteiger partial charge in [0.15, 0.2) is 5.69 Å². The van der Waals surface area contributed by atoms with Gasteiger partial charge in [0.2, 0.25) is 0 Å². The van der Waals surface area contributed by atoms with E-state index in [1.165, 1.54) is 6.42 Å². The Hall–Kier alpha value is -1.88. The lowest BCUT2D eigenvalue weighted by molar-refractivity contribution is 0.0658. The van der Waals surface area contributed by atoms with E-state index in [9.17, 15) is 4.79 Å². The zero-order valence-electron chi connectivity index (χ0n) is 11.3. The van der Waals surface area contributed by atoms with Gasteiger partial charge in [-0.05, 0) is 31.4 Å². The summed E-state index contributed by atoms with van der Waals surface area (Å²) in [7, 11) is 0. The Kier molecular flexibility index (Phi) is 2.73. The Bertz CT molecular complexity index is 650. The van der Waals surface area contributed by atoms with Crippen molar-refractivity contribution >= 4 is 16.8 Å². The van der Waals surface area contributed by atoms with E-state index in [4.69, 9.17) is 0 Å². The van der Waals surface area contributed by atoms with E-state index < -0.39 is 0 Å². The number of rotatable bonds is 1. The minimum Gasteiger partial charge on any atom is -0.337 e. The van der Waals surface area contributed by atoms with E-state index in [1.807, 2.05) is 29.2 Å². The number of fused-ring (bicyclic) bond motifs is 2. The lowest BCUT2D eigenvalue weighted by Crippen LogP contribution is -2.47.